The largest absolute Gasteiger partial charge is 0.465 e. The maximum Gasteiger partial charge on any atom is 0.407 e. The number of amides is 2. The van der Waals surface area contributed by atoms with Crippen molar-refractivity contribution in [2.75, 3.05) is 11.9 Å². The van der Waals surface area contributed by atoms with Crippen LogP contribution in [0.5, 0.6) is 0 Å². The number of rotatable bonds is 2. The number of carbonyl (C=O) groups is 2. The van der Waals surface area contributed by atoms with E-state index in [9.17, 15) is 9.59 Å². The van der Waals surface area contributed by atoms with Crippen molar-refractivity contribution in [1.29, 1.82) is 0 Å². The van der Waals surface area contributed by atoms with Gasteiger partial charge in [0.05, 0.1) is 11.9 Å². The van der Waals surface area contributed by atoms with Gasteiger partial charge in [-0.3, -0.25) is 9.69 Å². The highest BCUT2D eigenvalue weighted by molar-refractivity contribution is 9.10. The molecule has 0 aliphatic carbocycles. The zero-order chi connectivity index (χ0) is 13.8. The highest BCUT2D eigenvalue weighted by Crippen LogP contribution is 2.19. The first-order chi connectivity index (χ1) is 9.08. The molecule has 2 N–H and O–H groups in total. The summed E-state index contributed by atoms with van der Waals surface area (Å²) in [7, 11) is 0. The second-order valence-corrected chi connectivity index (χ2v) is 5.16. The standard InChI is InChI=1S/C12H14BrN3O3/c13-10-5-4-8(7-14-10)15-11(17)9-3-1-2-6-16(9)12(18)19/h4-5,7,9H,1-3,6H2,(H,15,17)(H,18,19). The molecule has 0 spiro atoms. The molecule has 1 aliphatic rings. The van der Waals surface area contributed by atoms with Crippen LogP contribution in [0.4, 0.5) is 10.5 Å². The van der Waals surface area contributed by atoms with E-state index in [1.54, 1.807) is 12.1 Å². The average Bonchev–Trinajstić information content (AvgIpc) is 2.41. The van der Waals surface area contributed by atoms with Crippen LogP contribution < -0.4 is 5.32 Å². The average molecular weight is 328 g/mol. The topological polar surface area (TPSA) is 82.5 Å². The second-order valence-electron chi connectivity index (χ2n) is 4.35. The number of likely N-dealkylation sites (tertiary alicyclic amines) is 1. The third kappa shape index (κ3) is 3.44. The molecule has 2 heterocycles. The SMILES string of the molecule is O=C(Nc1ccc(Br)nc1)C1CCCCN1C(=O)O. The number of carbonyl (C=O) groups excluding carboxylic acids is 1. The Bertz CT molecular complexity index is 478. The van der Waals surface area contributed by atoms with Crippen molar-refractivity contribution in [2.45, 2.75) is 25.3 Å². The van der Waals surface area contributed by atoms with Gasteiger partial charge in [0, 0.05) is 6.54 Å². The van der Waals surface area contributed by atoms with E-state index in [4.69, 9.17) is 5.11 Å². The lowest BCUT2D eigenvalue weighted by molar-refractivity contribution is -0.121. The number of nitrogens with zero attached hydrogens (tertiary/aromatic N) is 2. The molecule has 0 saturated carbocycles. The monoisotopic (exact) mass is 327 g/mol. The molecule has 1 unspecified atom stereocenters. The van der Waals surface area contributed by atoms with Crippen LogP contribution in [0.15, 0.2) is 22.9 Å². The summed E-state index contributed by atoms with van der Waals surface area (Å²) < 4.78 is 0.676. The summed E-state index contributed by atoms with van der Waals surface area (Å²) in [4.78, 5) is 28.4. The summed E-state index contributed by atoms with van der Waals surface area (Å²) in [6.07, 6.45) is 2.70. The molecule has 19 heavy (non-hydrogen) atoms. The molecule has 6 nitrogen and oxygen atoms in total. The Morgan fingerprint density at radius 3 is 2.84 bits per heavy atom. The summed E-state index contributed by atoms with van der Waals surface area (Å²) in [5.41, 5.74) is 0.559. The molecule has 1 atom stereocenters. The Morgan fingerprint density at radius 1 is 1.42 bits per heavy atom. The smallest absolute Gasteiger partial charge is 0.407 e. The third-order valence-corrected chi connectivity index (χ3v) is 3.52. The number of carboxylic acid groups (broad SMARTS) is 1. The predicted octanol–water partition coefficient (Wildman–Crippen LogP) is 2.32. The summed E-state index contributed by atoms with van der Waals surface area (Å²) in [6, 6.07) is 2.81. The van der Waals surface area contributed by atoms with E-state index in [-0.39, 0.29) is 5.91 Å². The zero-order valence-electron chi connectivity index (χ0n) is 10.2. The molecule has 2 rings (SSSR count). The van der Waals surface area contributed by atoms with Gasteiger partial charge in [0.15, 0.2) is 0 Å². The first-order valence-electron chi connectivity index (χ1n) is 6.00. The fourth-order valence-corrected chi connectivity index (χ4v) is 2.34. The first-order valence-corrected chi connectivity index (χ1v) is 6.79. The lowest BCUT2D eigenvalue weighted by atomic mass is 10.0. The molecule has 1 aliphatic heterocycles. The molecular formula is C12H14BrN3O3. The lowest BCUT2D eigenvalue weighted by Crippen LogP contribution is -2.49. The van der Waals surface area contributed by atoms with Gasteiger partial charge in [-0.15, -0.1) is 0 Å². The van der Waals surface area contributed by atoms with Gasteiger partial charge in [-0.1, -0.05) is 0 Å². The minimum absolute atomic E-state index is 0.300. The minimum atomic E-state index is -1.05. The van der Waals surface area contributed by atoms with E-state index in [0.717, 1.165) is 12.8 Å². The Morgan fingerprint density at radius 2 is 2.21 bits per heavy atom. The van der Waals surface area contributed by atoms with E-state index in [1.807, 2.05) is 0 Å². The predicted molar refractivity (Wildman–Crippen MR) is 72.9 cm³/mol. The molecule has 0 bridgehead atoms. The number of aromatic nitrogens is 1. The fourth-order valence-electron chi connectivity index (χ4n) is 2.11. The van der Waals surface area contributed by atoms with Crippen LogP contribution in [0.25, 0.3) is 0 Å². The van der Waals surface area contributed by atoms with E-state index in [0.29, 0.717) is 23.3 Å². The Kier molecular flexibility index (Phi) is 4.36. The van der Waals surface area contributed by atoms with Crippen LogP contribution in [-0.4, -0.2) is 39.6 Å². The van der Waals surface area contributed by atoms with Crippen LogP contribution in [0.3, 0.4) is 0 Å². The zero-order valence-corrected chi connectivity index (χ0v) is 11.8. The van der Waals surface area contributed by atoms with Crippen molar-refractivity contribution in [2.24, 2.45) is 0 Å². The molecular weight excluding hydrogens is 314 g/mol. The van der Waals surface area contributed by atoms with Gasteiger partial charge in [-0.25, -0.2) is 9.78 Å². The van der Waals surface area contributed by atoms with Gasteiger partial charge in [0.2, 0.25) is 5.91 Å². The minimum Gasteiger partial charge on any atom is -0.465 e. The van der Waals surface area contributed by atoms with Crippen LogP contribution in [0.2, 0.25) is 0 Å². The van der Waals surface area contributed by atoms with Crippen LogP contribution in [0.1, 0.15) is 19.3 Å². The van der Waals surface area contributed by atoms with Crippen LogP contribution >= 0.6 is 15.9 Å². The van der Waals surface area contributed by atoms with Crippen molar-refractivity contribution in [3.63, 3.8) is 0 Å². The van der Waals surface area contributed by atoms with Crippen LogP contribution in [0, 0.1) is 0 Å². The molecule has 0 radical (unpaired) electrons. The molecule has 0 aromatic carbocycles. The highest BCUT2D eigenvalue weighted by atomic mass is 79.9. The van der Waals surface area contributed by atoms with Crippen molar-refractivity contribution in [1.82, 2.24) is 9.88 Å². The van der Waals surface area contributed by atoms with Crippen molar-refractivity contribution in [3.8, 4) is 0 Å². The normalized spacial score (nSPS) is 19.0. The van der Waals surface area contributed by atoms with Crippen molar-refractivity contribution in [3.05, 3.63) is 22.9 Å². The summed E-state index contributed by atoms with van der Waals surface area (Å²) in [5.74, 6) is -0.300. The summed E-state index contributed by atoms with van der Waals surface area (Å²) in [6.45, 7) is 0.409. The van der Waals surface area contributed by atoms with Gasteiger partial charge in [0.25, 0.3) is 0 Å². The fraction of sp³-hybridized carbons (Fsp3) is 0.417. The highest BCUT2D eigenvalue weighted by Gasteiger charge is 2.31. The van der Waals surface area contributed by atoms with E-state index >= 15 is 0 Å². The molecule has 102 valence electrons. The molecule has 1 saturated heterocycles. The number of hydrogen-bond donors (Lipinski definition) is 2. The van der Waals surface area contributed by atoms with Crippen molar-refractivity contribution >= 4 is 33.6 Å². The van der Waals surface area contributed by atoms with Crippen molar-refractivity contribution < 1.29 is 14.7 Å². The third-order valence-electron chi connectivity index (χ3n) is 3.05. The summed E-state index contributed by atoms with van der Waals surface area (Å²) in [5, 5.41) is 11.8. The number of piperidine rings is 1. The lowest BCUT2D eigenvalue weighted by Gasteiger charge is -2.32. The first kappa shape index (κ1) is 13.8. The van der Waals surface area contributed by atoms with E-state index in [1.165, 1.54) is 11.1 Å². The number of pyridine rings is 1. The van der Waals surface area contributed by atoms with E-state index < -0.39 is 12.1 Å². The Balaban J connectivity index is 2.05. The summed E-state index contributed by atoms with van der Waals surface area (Å²) >= 11 is 3.21. The van der Waals surface area contributed by atoms with Gasteiger partial charge >= 0.3 is 6.09 Å². The maximum absolute atomic E-state index is 12.1. The van der Waals surface area contributed by atoms with Gasteiger partial charge in [-0.05, 0) is 47.3 Å². The second kappa shape index (κ2) is 6.01. The van der Waals surface area contributed by atoms with Crippen LogP contribution in [-0.2, 0) is 4.79 Å². The number of halogens is 1. The quantitative estimate of drug-likeness (QED) is 0.816. The molecule has 7 heteroatoms. The van der Waals surface area contributed by atoms with Gasteiger partial charge in [-0.2, -0.15) is 0 Å². The van der Waals surface area contributed by atoms with E-state index in [2.05, 4.69) is 26.2 Å². The van der Waals surface area contributed by atoms with Gasteiger partial charge in [0.1, 0.15) is 10.6 Å². The number of hydrogen-bond acceptors (Lipinski definition) is 3. The Hall–Kier alpha value is -1.63. The molecule has 1 aromatic rings. The molecule has 1 aromatic heterocycles. The van der Waals surface area contributed by atoms with Gasteiger partial charge < -0.3 is 10.4 Å². The molecule has 1 fully saturated rings. The molecule has 2 amide bonds. The number of nitrogens with one attached hydrogen (secondary N) is 1. The Labute approximate surface area is 118 Å². The maximum atomic E-state index is 12.1. The number of anilines is 1.